The Balaban J connectivity index is 2.20. The number of rotatable bonds is 3. The second-order valence-corrected chi connectivity index (χ2v) is 4.18. The van der Waals surface area contributed by atoms with Crippen molar-refractivity contribution in [3.8, 4) is 0 Å². The van der Waals surface area contributed by atoms with E-state index in [9.17, 15) is 0 Å². The molecule has 1 heterocycles. The van der Waals surface area contributed by atoms with Crippen molar-refractivity contribution in [1.82, 2.24) is 10.2 Å². The van der Waals surface area contributed by atoms with Crippen molar-refractivity contribution in [1.29, 1.82) is 0 Å². The lowest BCUT2D eigenvalue weighted by Gasteiger charge is -2.30. The van der Waals surface area contributed by atoms with Crippen LogP contribution in [0.25, 0.3) is 0 Å². The fourth-order valence-corrected chi connectivity index (χ4v) is 1.64. The lowest BCUT2D eigenvalue weighted by Crippen LogP contribution is -2.44. The van der Waals surface area contributed by atoms with E-state index >= 15 is 0 Å². The minimum atomic E-state index is 0.675. The fourth-order valence-electron chi connectivity index (χ4n) is 1.64. The minimum absolute atomic E-state index is 0.675. The summed E-state index contributed by atoms with van der Waals surface area (Å²) in [6.45, 7) is 6.93. The number of hydrogen-bond acceptors (Lipinski definition) is 2. The van der Waals surface area contributed by atoms with Crippen LogP contribution in [0.1, 0.15) is 33.1 Å². The van der Waals surface area contributed by atoms with Crippen molar-refractivity contribution in [3.05, 3.63) is 0 Å². The van der Waals surface area contributed by atoms with Crippen LogP contribution in [-0.2, 0) is 0 Å². The van der Waals surface area contributed by atoms with Crippen molar-refractivity contribution in [3.63, 3.8) is 0 Å². The van der Waals surface area contributed by atoms with Crippen LogP contribution in [0.15, 0.2) is 0 Å². The van der Waals surface area contributed by atoms with E-state index < -0.39 is 0 Å². The summed E-state index contributed by atoms with van der Waals surface area (Å²) in [5.41, 5.74) is 0. The summed E-state index contributed by atoms with van der Waals surface area (Å²) in [5, 5.41) is 3.56. The Labute approximate surface area is 76.3 Å². The quantitative estimate of drug-likeness (QED) is 0.690. The largest absolute Gasteiger partial charge is 0.313 e. The predicted molar refractivity (Wildman–Crippen MR) is 53.4 cm³/mol. The highest BCUT2D eigenvalue weighted by Gasteiger charge is 2.15. The minimum Gasteiger partial charge on any atom is -0.313 e. The van der Waals surface area contributed by atoms with Crippen LogP contribution >= 0.6 is 0 Å². The fraction of sp³-hybridized carbons (Fsp3) is 1.00. The van der Waals surface area contributed by atoms with Crippen molar-refractivity contribution in [2.45, 2.75) is 45.2 Å². The van der Waals surface area contributed by atoms with Gasteiger partial charge in [-0.3, -0.25) is 0 Å². The number of nitrogens with one attached hydrogen (secondary N) is 1. The zero-order valence-electron chi connectivity index (χ0n) is 8.64. The van der Waals surface area contributed by atoms with Crippen LogP contribution in [0.3, 0.4) is 0 Å². The molecule has 2 nitrogen and oxygen atoms in total. The topological polar surface area (TPSA) is 15.3 Å². The van der Waals surface area contributed by atoms with Gasteiger partial charge in [0.15, 0.2) is 0 Å². The molecule has 0 radical (unpaired) electrons. The summed E-state index contributed by atoms with van der Waals surface area (Å²) in [5.74, 6) is 0. The zero-order valence-corrected chi connectivity index (χ0v) is 8.64. The first-order chi connectivity index (χ1) is 5.70. The monoisotopic (exact) mass is 170 g/mol. The average molecular weight is 170 g/mol. The van der Waals surface area contributed by atoms with Gasteiger partial charge in [-0.1, -0.05) is 6.42 Å². The summed E-state index contributed by atoms with van der Waals surface area (Å²) in [7, 11) is 2.21. The van der Waals surface area contributed by atoms with Crippen LogP contribution in [-0.4, -0.2) is 37.1 Å². The van der Waals surface area contributed by atoms with Gasteiger partial charge in [0.2, 0.25) is 0 Å². The molecule has 0 aromatic heterocycles. The number of hydrogen-bond donors (Lipinski definition) is 1. The van der Waals surface area contributed by atoms with E-state index in [0.717, 1.165) is 6.04 Å². The second kappa shape index (κ2) is 4.83. The van der Waals surface area contributed by atoms with Crippen molar-refractivity contribution >= 4 is 0 Å². The lowest BCUT2D eigenvalue weighted by atomic mass is 10.0. The van der Waals surface area contributed by atoms with Gasteiger partial charge >= 0.3 is 0 Å². The molecule has 1 atom stereocenters. The highest BCUT2D eigenvalue weighted by atomic mass is 15.1. The molecule has 1 fully saturated rings. The maximum Gasteiger partial charge on any atom is 0.0195 e. The molecule has 0 saturated carbocycles. The average Bonchev–Trinajstić information content (AvgIpc) is 2.06. The van der Waals surface area contributed by atoms with Gasteiger partial charge in [0, 0.05) is 18.6 Å². The Bertz CT molecular complexity index is 117. The molecule has 1 saturated heterocycles. The third-order valence-electron chi connectivity index (χ3n) is 2.80. The highest BCUT2D eigenvalue weighted by Crippen LogP contribution is 2.08. The van der Waals surface area contributed by atoms with E-state index in [2.05, 4.69) is 31.1 Å². The molecule has 2 heteroatoms. The summed E-state index contributed by atoms with van der Waals surface area (Å²) < 4.78 is 0. The molecule has 0 bridgehead atoms. The molecule has 72 valence electrons. The smallest absolute Gasteiger partial charge is 0.0195 e. The van der Waals surface area contributed by atoms with Gasteiger partial charge in [-0.25, -0.2) is 0 Å². The van der Waals surface area contributed by atoms with E-state index in [1.807, 2.05) is 0 Å². The van der Waals surface area contributed by atoms with Gasteiger partial charge < -0.3 is 10.2 Å². The first-order valence-corrected chi connectivity index (χ1v) is 5.14. The van der Waals surface area contributed by atoms with Gasteiger partial charge in [-0.2, -0.15) is 0 Å². The van der Waals surface area contributed by atoms with Crippen LogP contribution in [0.5, 0.6) is 0 Å². The maximum atomic E-state index is 3.56. The van der Waals surface area contributed by atoms with Crippen molar-refractivity contribution in [2.75, 3.05) is 20.1 Å². The standard InChI is InChI=1S/C10H22N2/c1-9(2)12(3)8-10-6-4-5-7-11-10/h9-11H,4-8H2,1-3H3/t10-/m1/s1. The zero-order chi connectivity index (χ0) is 8.97. The van der Waals surface area contributed by atoms with E-state index in [1.54, 1.807) is 0 Å². The lowest BCUT2D eigenvalue weighted by molar-refractivity contribution is 0.224. The van der Waals surface area contributed by atoms with Gasteiger partial charge in [-0.15, -0.1) is 0 Å². The molecule has 1 aliphatic rings. The molecular formula is C10H22N2. The van der Waals surface area contributed by atoms with E-state index in [-0.39, 0.29) is 0 Å². The summed E-state index contributed by atoms with van der Waals surface area (Å²) in [6.07, 6.45) is 4.13. The highest BCUT2D eigenvalue weighted by molar-refractivity contribution is 4.75. The molecule has 0 amide bonds. The molecule has 1 rings (SSSR count). The maximum absolute atomic E-state index is 3.56. The van der Waals surface area contributed by atoms with Crippen LogP contribution in [0.2, 0.25) is 0 Å². The third kappa shape index (κ3) is 3.11. The van der Waals surface area contributed by atoms with Gasteiger partial charge in [0.25, 0.3) is 0 Å². The Morgan fingerprint density at radius 2 is 2.17 bits per heavy atom. The molecule has 1 aliphatic heterocycles. The van der Waals surface area contributed by atoms with E-state index in [0.29, 0.717) is 6.04 Å². The van der Waals surface area contributed by atoms with Crippen LogP contribution in [0, 0.1) is 0 Å². The third-order valence-corrected chi connectivity index (χ3v) is 2.80. The molecule has 12 heavy (non-hydrogen) atoms. The van der Waals surface area contributed by atoms with Crippen molar-refractivity contribution in [2.24, 2.45) is 0 Å². The first kappa shape index (κ1) is 10.0. The molecule has 0 aliphatic carbocycles. The Kier molecular flexibility index (Phi) is 4.02. The Hall–Kier alpha value is -0.0800. The molecule has 1 N–H and O–H groups in total. The second-order valence-electron chi connectivity index (χ2n) is 4.18. The molecular weight excluding hydrogens is 148 g/mol. The van der Waals surface area contributed by atoms with Crippen LogP contribution in [0.4, 0.5) is 0 Å². The predicted octanol–water partition coefficient (Wildman–Crippen LogP) is 1.47. The van der Waals surface area contributed by atoms with E-state index in [4.69, 9.17) is 0 Å². The summed E-state index contributed by atoms with van der Waals surface area (Å²) >= 11 is 0. The molecule has 0 spiro atoms. The van der Waals surface area contributed by atoms with Crippen LogP contribution < -0.4 is 5.32 Å². The van der Waals surface area contributed by atoms with Gasteiger partial charge in [0.1, 0.15) is 0 Å². The van der Waals surface area contributed by atoms with E-state index in [1.165, 1.54) is 32.4 Å². The molecule has 0 aromatic carbocycles. The van der Waals surface area contributed by atoms with Gasteiger partial charge in [-0.05, 0) is 40.3 Å². The molecule has 0 unspecified atom stereocenters. The Morgan fingerprint density at radius 3 is 2.67 bits per heavy atom. The van der Waals surface area contributed by atoms with Crippen molar-refractivity contribution < 1.29 is 0 Å². The molecule has 0 aromatic rings. The number of likely N-dealkylation sites (N-methyl/N-ethyl adjacent to an activating group) is 1. The Morgan fingerprint density at radius 1 is 1.42 bits per heavy atom. The SMILES string of the molecule is CC(C)N(C)C[C@H]1CCCCN1. The number of nitrogens with zero attached hydrogens (tertiary/aromatic N) is 1. The summed E-state index contributed by atoms with van der Waals surface area (Å²) in [4.78, 5) is 2.42. The number of piperidine rings is 1. The first-order valence-electron chi connectivity index (χ1n) is 5.14. The normalized spacial score (nSPS) is 25.2. The van der Waals surface area contributed by atoms with Gasteiger partial charge in [0.05, 0.1) is 0 Å². The summed E-state index contributed by atoms with van der Waals surface area (Å²) in [6, 6.07) is 1.42.